The molecule has 1 aliphatic heterocycles. The molecule has 0 aromatic carbocycles. The van der Waals surface area contributed by atoms with Gasteiger partial charge < -0.3 is 15.2 Å². The van der Waals surface area contributed by atoms with Crippen LogP contribution in [-0.4, -0.2) is 25.8 Å². The van der Waals surface area contributed by atoms with Crippen molar-refractivity contribution >= 4 is 23.3 Å². The van der Waals surface area contributed by atoms with Crippen LogP contribution in [0.3, 0.4) is 0 Å². The second-order valence-corrected chi connectivity index (χ2v) is 6.20. The summed E-state index contributed by atoms with van der Waals surface area (Å²) in [5.74, 6) is 1.83. The van der Waals surface area contributed by atoms with Crippen molar-refractivity contribution < 1.29 is 4.79 Å². The second-order valence-electron chi connectivity index (χ2n) is 5.84. The van der Waals surface area contributed by atoms with E-state index in [1.807, 2.05) is 6.92 Å². The molecule has 0 spiro atoms. The number of carbonyl (C=O) groups excluding carboxylic acids is 1. The number of aryl methyl sites for hydroxylation is 1. The number of aromatic nitrogens is 4. The van der Waals surface area contributed by atoms with E-state index in [0.29, 0.717) is 5.69 Å². The Morgan fingerprint density at radius 1 is 1.38 bits per heavy atom. The van der Waals surface area contributed by atoms with Crippen molar-refractivity contribution in [3.63, 3.8) is 0 Å². The van der Waals surface area contributed by atoms with Crippen LogP contribution in [0.25, 0.3) is 0 Å². The van der Waals surface area contributed by atoms with Gasteiger partial charge in [0, 0.05) is 19.2 Å². The molecular weight excluding hydrogens is 328 g/mol. The highest BCUT2D eigenvalue weighted by Gasteiger charge is 2.22. The van der Waals surface area contributed by atoms with Gasteiger partial charge in [-0.25, -0.2) is 9.78 Å². The summed E-state index contributed by atoms with van der Waals surface area (Å²) < 4.78 is 2.15. The van der Waals surface area contributed by atoms with Gasteiger partial charge >= 0.3 is 6.03 Å². The SMILES string of the molecule is CCC(NC(=O)Nc1cccnc1Cl)c1nnc2n1CCCCC2. The van der Waals surface area contributed by atoms with E-state index >= 15 is 0 Å². The number of hydrogen-bond donors (Lipinski definition) is 2. The van der Waals surface area contributed by atoms with Gasteiger partial charge in [-0.15, -0.1) is 10.2 Å². The van der Waals surface area contributed by atoms with Crippen LogP contribution in [-0.2, 0) is 13.0 Å². The molecule has 1 unspecified atom stereocenters. The standard InChI is InChI=1S/C16H21ClN6O/c1-2-11(15-22-21-13-8-4-3-5-10-23(13)15)19-16(24)20-12-7-6-9-18-14(12)17/h6-7,9,11H,2-5,8,10H2,1H3,(H2,19,20,24). The molecule has 24 heavy (non-hydrogen) atoms. The zero-order chi connectivity index (χ0) is 16.9. The van der Waals surface area contributed by atoms with E-state index in [9.17, 15) is 4.79 Å². The molecule has 2 aromatic heterocycles. The molecule has 2 amide bonds. The maximum Gasteiger partial charge on any atom is 0.319 e. The molecule has 0 fully saturated rings. The van der Waals surface area contributed by atoms with Gasteiger partial charge in [-0.1, -0.05) is 24.9 Å². The van der Waals surface area contributed by atoms with Crippen molar-refractivity contribution in [2.75, 3.05) is 5.32 Å². The first-order valence-corrected chi connectivity index (χ1v) is 8.67. The van der Waals surface area contributed by atoms with Crippen molar-refractivity contribution in [1.29, 1.82) is 0 Å². The highest BCUT2D eigenvalue weighted by atomic mass is 35.5. The summed E-state index contributed by atoms with van der Waals surface area (Å²) >= 11 is 5.97. The molecule has 0 radical (unpaired) electrons. The Balaban J connectivity index is 1.72. The van der Waals surface area contributed by atoms with E-state index in [-0.39, 0.29) is 17.2 Å². The highest BCUT2D eigenvalue weighted by molar-refractivity contribution is 6.32. The molecule has 2 N–H and O–H groups in total. The van der Waals surface area contributed by atoms with Crippen molar-refractivity contribution in [2.45, 2.75) is 51.6 Å². The molecule has 0 saturated carbocycles. The lowest BCUT2D eigenvalue weighted by molar-refractivity contribution is 0.247. The number of nitrogens with zero attached hydrogens (tertiary/aromatic N) is 4. The van der Waals surface area contributed by atoms with Crippen molar-refractivity contribution in [2.24, 2.45) is 0 Å². The number of amides is 2. The number of anilines is 1. The molecule has 128 valence electrons. The molecule has 1 atom stereocenters. The fourth-order valence-electron chi connectivity index (χ4n) is 2.91. The molecule has 0 aliphatic carbocycles. The lowest BCUT2D eigenvalue weighted by Gasteiger charge is -2.18. The van der Waals surface area contributed by atoms with Crippen LogP contribution in [0.1, 0.15) is 50.3 Å². The van der Waals surface area contributed by atoms with Crippen molar-refractivity contribution in [3.8, 4) is 0 Å². The molecule has 0 saturated heterocycles. The summed E-state index contributed by atoms with van der Waals surface area (Å²) in [5.41, 5.74) is 0.478. The van der Waals surface area contributed by atoms with E-state index < -0.39 is 0 Å². The lowest BCUT2D eigenvalue weighted by Crippen LogP contribution is -2.34. The van der Waals surface area contributed by atoms with Crippen molar-refractivity contribution in [1.82, 2.24) is 25.1 Å². The number of urea groups is 1. The number of rotatable bonds is 4. The van der Waals surface area contributed by atoms with Crippen LogP contribution in [0.15, 0.2) is 18.3 Å². The monoisotopic (exact) mass is 348 g/mol. The van der Waals surface area contributed by atoms with Crippen LogP contribution in [0.4, 0.5) is 10.5 Å². The van der Waals surface area contributed by atoms with E-state index in [1.54, 1.807) is 18.3 Å². The first-order chi connectivity index (χ1) is 11.7. The molecule has 2 aromatic rings. The van der Waals surface area contributed by atoms with Crippen LogP contribution < -0.4 is 10.6 Å². The Bertz CT molecular complexity index is 716. The minimum absolute atomic E-state index is 0.195. The number of hydrogen-bond acceptors (Lipinski definition) is 4. The maximum absolute atomic E-state index is 12.3. The van der Waals surface area contributed by atoms with Gasteiger partial charge in [0.25, 0.3) is 0 Å². The van der Waals surface area contributed by atoms with Crippen LogP contribution in [0.2, 0.25) is 5.15 Å². The number of fused-ring (bicyclic) bond motifs is 1. The van der Waals surface area contributed by atoms with E-state index in [2.05, 4.69) is 30.4 Å². The molecular formula is C16H21ClN6O. The minimum Gasteiger partial charge on any atom is -0.328 e. The van der Waals surface area contributed by atoms with Gasteiger partial charge in [-0.05, 0) is 31.4 Å². The average Bonchev–Trinajstić information content (AvgIpc) is 2.83. The Morgan fingerprint density at radius 2 is 2.25 bits per heavy atom. The van der Waals surface area contributed by atoms with Gasteiger partial charge in [0.15, 0.2) is 11.0 Å². The Morgan fingerprint density at radius 3 is 3.04 bits per heavy atom. The summed E-state index contributed by atoms with van der Waals surface area (Å²) in [6.07, 6.45) is 6.71. The topological polar surface area (TPSA) is 84.7 Å². The highest BCUT2D eigenvalue weighted by Crippen LogP contribution is 2.22. The maximum atomic E-state index is 12.3. The molecule has 8 heteroatoms. The van der Waals surface area contributed by atoms with E-state index in [1.165, 1.54) is 6.42 Å². The van der Waals surface area contributed by atoms with Gasteiger partial charge in [0.2, 0.25) is 0 Å². The molecule has 0 bridgehead atoms. The van der Waals surface area contributed by atoms with Crippen LogP contribution in [0.5, 0.6) is 0 Å². The van der Waals surface area contributed by atoms with Gasteiger partial charge in [-0.2, -0.15) is 0 Å². The Kier molecular flexibility index (Phi) is 5.30. The second kappa shape index (κ2) is 7.61. The smallest absolute Gasteiger partial charge is 0.319 e. The fourth-order valence-corrected chi connectivity index (χ4v) is 3.08. The summed E-state index contributed by atoms with van der Waals surface area (Å²) in [7, 11) is 0. The first kappa shape index (κ1) is 16.7. The number of nitrogens with one attached hydrogen (secondary N) is 2. The summed E-state index contributed by atoms with van der Waals surface area (Å²) in [6.45, 7) is 2.92. The Hall–Kier alpha value is -2.15. The van der Waals surface area contributed by atoms with Crippen molar-refractivity contribution in [3.05, 3.63) is 35.1 Å². The van der Waals surface area contributed by atoms with E-state index in [0.717, 1.165) is 43.9 Å². The third-order valence-electron chi connectivity index (χ3n) is 4.17. The number of pyridine rings is 1. The zero-order valence-electron chi connectivity index (χ0n) is 13.6. The first-order valence-electron chi connectivity index (χ1n) is 8.29. The normalized spacial score (nSPS) is 15.2. The van der Waals surface area contributed by atoms with Crippen LogP contribution >= 0.6 is 11.6 Å². The lowest BCUT2D eigenvalue weighted by atomic mass is 10.2. The largest absolute Gasteiger partial charge is 0.328 e. The van der Waals surface area contributed by atoms with E-state index in [4.69, 9.17) is 11.6 Å². The molecule has 7 nitrogen and oxygen atoms in total. The summed E-state index contributed by atoms with van der Waals surface area (Å²) in [4.78, 5) is 16.2. The van der Waals surface area contributed by atoms with Gasteiger partial charge in [-0.3, -0.25) is 0 Å². The molecule has 3 rings (SSSR count). The third kappa shape index (κ3) is 3.67. The minimum atomic E-state index is -0.331. The molecule has 1 aliphatic rings. The fraction of sp³-hybridized carbons (Fsp3) is 0.500. The van der Waals surface area contributed by atoms with Crippen LogP contribution in [0, 0.1) is 0 Å². The summed E-state index contributed by atoms with van der Waals surface area (Å²) in [5, 5.41) is 14.6. The van der Waals surface area contributed by atoms with Gasteiger partial charge in [0.05, 0.1) is 11.7 Å². The average molecular weight is 349 g/mol. The quantitative estimate of drug-likeness (QED) is 0.830. The predicted molar refractivity (Wildman–Crippen MR) is 92.0 cm³/mol. The van der Waals surface area contributed by atoms with Gasteiger partial charge in [0.1, 0.15) is 5.82 Å². The third-order valence-corrected chi connectivity index (χ3v) is 4.47. The molecule has 3 heterocycles. The predicted octanol–water partition coefficient (Wildman–Crippen LogP) is 3.33. The number of carbonyl (C=O) groups is 1. The summed E-state index contributed by atoms with van der Waals surface area (Å²) in [6, 6.07) is 2.90. The zero-order valence-corrected chi connectivity index (χ0v) is 14.4. The Labute approximate surface area is 145 Å². The number of halogens is 1.